The minimum atomic E-state index is -1.22. The van der Waals surface area contributed by atoms with Gasteiger partial charge in [0.2, 0.25) is 0 Å². The van der Waals surface area contributed by atoms with E-state index in [4.69, 9.17) is 5.11 Å². The van der Waals surface area contributed by atoms with Crippen molar-refractivity contribution in [3.8, 4) is 0 Å². The largest absolute Gasteiger partial charge is 0.479 e. The molecule has 0 heterocycles. The van der Waals surface area contributed by atoms with Crippen LogP contribution < -0.4 is 5.32 Å². The number of anilines is 1. The van der Waals surface area contributed by atoms with Gasteiger partial charge in [0.25, 0.3) is 5.69 Å². The number of aliphatic carboxylic acids is 1. The second-order valence-corrected chi connectivity index (χ2v) is 4.65. The van der Waals surface area contributed by atoms with Crippen LogP contribution in [0.5, 0.6) is 0 Å². The number of carboxylic acids is 1. The van der Waals surface area contributed by atoms with E-state index in [0.29, 0.717) is 0 Å². The van der Waals surface area contributed by atoms with Crippen molar-refractivity contribution in [3.63, 3.8) is 0 Å². The molecule has 1 unspecified atom stereocenters. The SMILES string of the molecule is COC(CNc1cc(F)c(I)cc1[N+](=O)[O-])C(=O)O. The lowest BCUT2D eigenvalue weighted by atomic mass is 10.2. The molecule has 0 amide bonds. The summed E-state index contributed by atoms with van der Waals surface area (Å²) in [4.78, 5) is 20.9. The van der Waals surface area contributed by atoms with Crippen LogP contribution in [-0.4, -0.2) is 35.8 Å². The highest BCUT2D eigenvalue weighted by Crippen LogP contribution is 2.28. The fourth-order valence-corrected chi connectivity index (χ4v) is 1.75. The van der Waals surface area contributed by atoms with Gasteiger partial charge in [-0.1, -0.05) is 0 Å². The predicted molar refractivity (Wildman–Crippen MR) is 72.7 cm³/mol. The topological polar surface area (TPSA) is 102 Å². The van der Waals surface area contributed by atoms with E-state index in [2.05, 4.69) is 10.1 Å². The van der Waals surface area contributed by atoms with E-state index >= 15 is 0 Å². The van der Waals surface area contributed by atoms with Crippen LogP contribution in [0.1, 0.15) is 0 Å². The van der Waals surface area contributed by atoms with Gasteiger partial charge in [-0.25, -0.2) is 9.18 Å². The number of nitro groups is 1. The highest BCUT2D eigenvalue weighted by Gasteiger charge is 2.21. The summed E-state index contributed by atoms with van der Waals surface area (Å²) in [6, 6.07) is 2.02. The van der Waals surface area contributed by atoms with Crippen LogP contribution in [0.2, 0.25) is 0 Å². The van der Waals surface area contributed by atoms with Crippen molar-refractivity contribution in [2.24, 2.45) is 0 Å². The van der Waals surface area contributed by atoms with E-state index in [-0.39, 0.29) is 21.5 Å². The first-order valence-corrected chi connectivity index (χ1v) is 6.07. The van der Waals surface area contributed by atoms with Crippen LogP contribution in [0.4, 0.5) is 15.8 Å². The lowest BCUT2D eigenvalue weighted by molar-refractivity contribution is -0.384. The molecule has 0 aromatic heterocycles. The van der Waals surface area contributed by atoms with Gasteiger partial charge in [0.15, 0.2) is 6.10 Å². The number of hydrogen-bond acceptors (Lipinski definition) is 5. The molecule has 1 aromatic rings. The molecule has 0 radical (unpaired) electrons. The van der Waals surface area contributed by atoms with Gasteiger partial charge in [0.05, 0.1) is 15.0 Å². The first-order valence-electron chi connectivity index (χ1n) is 4.99. The molecule has 0 aliphatic heterocycles. The number of hydrogen-bond donors (Lipinski definition) is 2. The Morgan fingerprint density at radius 1 is 1.68 bits per heavy atom. The monoisotopic (exact) mass is 384 g/mol. The van der Waals surface area contributed by atoms with Crippen molar-refractivity contribution >= 4 is 39.9 Å². The average molecular weight is 384 g/mol. The number of halogens is 2. The number of nitrogens with one attached hydrogen (secondary N) is 1. The number of carboxylic acid groups (broad SMARTS) is 1. The molecule has 0 aliphatic carbocycles. The number of nitrogens with zero attached hydrogens (tertiary/aromatic N) is 1. The minimum absolute atomic E-state index is 0.0915. The average Bonchev–Trinajstić information content (AvgIpc) is 2.33. The van der Waals surface area contributed by atoms with Crippen LogP contribution in [0.25, 0.3) is 0 Å². The van der Waals surface area contributed by atoms with Gasteiger partial charge in [0.1, 0.15) is 11.5 Å². The number of methoxy groups -OCH3 is 1. The van der Waals surface area contributed by atoms with Crippen molar-refractivity contribution in [2.45, 2.75) is 6.10 Å². The number of benzene rings is 1. The molecule has 9 heteroatoms. The van der Waals surface area contributed by atoms with Crippen molar-refractivity contribution in [1.29, 1.82) is 0 Å². The highest BCUT2D eigenvalue weighted by molar-refractivity contribution is 14.1. The third-order valence-corrected chi connectivity index (χ3v) is 3.10. The third-order valence-electron chi connectivity index (χ3n) is 2.27. The standard InChI is InChI=1S/C10H10FIN2O5/c1-19-9(10(15)16)4-13-7-2-5(11)6(12)3-8(7)14(17)18/h2-3,9,13H,4H2,1H3,(H,15,16). The maximum Gasteiger partial charge on any atom is 0.334 e. The molecule has 0 saturated heterocycles. The van der Waals surface area contributed by atoms with Crippen LogP contribution in [0.3, 0.4) is 0 Å². The van der Waals surface area contributed by atoms with Gasteiger partial charge in [-0.05, 0) is 22.6 Å². The van der Waals surface area contributed by atoms with Gasteiger partial charge in [-0.15, -0.1) is 0 Å². The Labute approximate surface area is 121 Å². The molecule has 1 atom stereocenters. The smallest absolute Gasteiger partial charge is 0.334 e. The zero-order valence-corrected chi connectivity index (χ0v) is 11.9. The molecule has 2 N–H and O–H groups in total. The first kappa shape index (κ1) is 15.6. The van der Waals surface area contributed by atoms with Crippen LogP contribution >= 0.6 is 22.6 Å². The number of nitro benzene ring substituents is 1. The van der Waals surface area contributed by atoms with E-state index in [0.717, 1.165) is 12.1 Å². The van der Waals surface area contributed by atoms with Gasteiger partial charge >= 0.3 is 5.97 Å². The summed E-state index contributed by atoms with van der Waals surface area (Å²) >= 11 is 1.63. The molecule has 0 bridgehead atoms. The lowest BCUT2D eigenvalue weighted by Crippen LogP contribution is -2.30. The molecule has 1 rings (SSSR count). The fraction of sp³-hybridized carbons (Fsp3) is 0.300. The predicted octanol–water partition coefficient (Wildman–Crippen LogP) is 1.85. The Morgan fingerprint density at radius 2 is 2.32 bits per heavy atom. The number of rotatable bonds is 6. The lowest BCUT2D eigenvalue weighted by Gasteiger charge is -2.13. The molecular weight excluding hydrogens is 374 g/mol. The molecule has 7 nitrogen and oxygen atoms in total. The normalized spacial score (nSPS) is 11.9. The second-order valence-electron chi connectivity index (χ2n) is 3.48. The number of ether oxygens (including phenoxy) is 1. The zero-order valence-electron chi connectivity index (χ0n) is 9.72. The van der Waals surface area contributed by atoms with E-state index in [1.807, 2.05) is 0 Å². The fourth-order valence-electron chi connectivity index (χ4n) is 1.30. The van der Waals surface area contributed by atoms with Crippen molar-refractivity contribution in [2.75, 3.05) is 19.0 Å². The van der Waals surface area contributed by atoms with Gasteiger partial charge < -0.3 is 15.2 Å². The van der Waals surface area contributed by atoms with E-state index in [1.54, 1.807) is 22.6 Å². The Kier molecular flexibility index (Phi) is 5.42. The maximum atomic E-state index is 13.4. The highest BCUT2D eigenvalue weighted by atomic mass is 127. The Balaban J connectivity index is 2.97. The Morgan fingerprint density at radius 3 is 2.79 bits per heavy atom. The van der Waals surface area contributed by atoms with Crippen LogP contribution in [0, 0.1) is 19.5 Å². The van der Waals surface area contributed by atoms with Crippen molar-refractivity contribution in [3.05, 3.63) is 31.6 Å². The molecule has 0 saturated carbocycles. The van der Waals surface area contributed by atoms with E-state index in [9.17, 15) is 19.3 Å². The van der Waals surface area contributed by atoms with E-state index < -0.39 is 22.8 Å². The summed E-state index contributed by atoms with van der Waals surface area (Å²) < 4.78 is 18.1. The van der Waals surface area contributed by atoms with Gasteiger partial charge in [0, 0.05) is 19.2 Å². The Bertz CT molecular complexity index is 511. The first-order chi connectivity index (χ1) is 8.86. The van der Waals surface area contributed by atoms with Crippen LogP contribution in [0.15, 0.2) is 12.1 Å². The van der Waals surface area contributed by atoms with Crippen molar-refractivity contribution in [1.82, 2.24) is 0 Å². The van der Waals surface area contributed by atoms with Gasteiger partial charge in [-0.2, -0.15) is 0 Å². The van der Waals surface area contributed by atoms with Gasteiger partial charge in [-0.3, -0.25) is 10.1 Å². The summed E-state index contributed by atoms with van der Waals surface area (Å²) in [5, 5.41) is 22.1. The Hall–Kier alpha value is -1.49. The summed E-state index contributed by atoms with van der Waals surface area (Å²) in [6.07, 6.45) is -1.18. The van der Waals surface area contributed by atoms with Crippen LogP contribution in [-0.2, 0) is 9.53 Å². The number of carbonyl (C=O) groups is 1. The molecule has 1 aromatic carbocycles. The molecule has 19 heavy (non-hydrogen) atoms. The van der Waals surface area contributed by atoms with Crippen molar-refractivity contribution < 1.29 is 24.0 Å². The zero-order chi connectivity index (χ0) is 14.6. The molecular formula is C10H10FIN2O5. The minimum Gasteiger partial charge on any atom is -0.479 e. The summed E-state index contributed by atoms with van der Waals surface area (Å²) in [5.41, 5.74) is -0.419. The third kappa shape index (κ3) is 3.99. The molecule has 0 aliphatic rings. The van der Waals surface area contributed by atoms with E-state index in [1.165, 1.54) is 7.11 Å². The quantitative estimate of drug-likeness (QED) is 0.441. The second kappa shape index (κ2) is 6.61. The molecule has 0 spiro atoms. The summed E-state index contributed by atoms with van der Waals surface area (Å²) in [6.45, 7) is -0.216. The maximum absolute atomic E-state index is 13.4. The summed E-state index contributed by atoms with van der Waals surface area (Å²) in [7, 11) is 1.20. The summed E-state index contributed by atoms with van der Waals surface area (Å²) in [5.74, 6) is -1.85. The molecule has 104 valence electrons. The molecule has 0 fully saturated rings.